The maximum atomic E-state index is 12.7. The van der Waals surface area contributed by atoms with Gasteiger partial charge in [-0.3, -0.25) is 4.79 Å². The summed E-state index contributed by atoms with van der Waals surface area (Å²) in [6, 6.07) is 5.81. The number of benzene rings is 1. The van der Waals surface area contributed by atoms with Crippen LogP contribution in [0.2, 0.25) is 0 Å². The molecule has 5 nitrogen and oxygen atoms in total. The molecule has 2 heterocycles. The monoisotopic (exact) mass is 343 g/mol. The fraction of sp³-hybridized carbons (Fsp3) is 0.500. The number of hydrogen-bond acceptors (Lipinski definition) is 4. The van der Waals surface area contributed by atoms with Crippen molar-refractivity contribution in [1.29, 1.82) is 0 Å². The van der Waals surface area contributed by atoms with Crippen LogP contribution >= 0.6 is 0 Å². The number of fused-ring (bicyclic) bond motifs is 1. The van der Waals surface area contributed by atoms with Gasteiger partial charge in [0.2, 0.25) is 5.43 Å². The Balaban J connectivity index is 1.98. The van der Waals surface area contributed by atoms with Gasteiger partial charge in [-0.05, 0) is 51.2 Å². The highest BCUT2D eigenvalue weighted by Crippen LogP contribution is 2.21. The Kier molecular flexibility index (Phi) is 5.53. The maximum Gasteiger partial charge on any atom is 0.343 e. The van der Waals surface area contributed by atoms with Gasteiger partial charge in [-0.2, -0.15) is 0 Å². The van der Waals surface area contributed by atoms with Crippen LogP contribution in [0, 0.1) is 12.8 Å². The molecule has 1 aromatic heterocycles. The fourth-order valence-electron chi connectivity index (χ4n) is 3.41. The molecule has 1 aliphatic heterocycles. The van der Waals surface area contributed by atoms with Crippen LogP contribution in [0.3, 0.4) is 0 Å². The van der Waals surface area contributed by atoms with E-state index in [1.54, 1.807) is 13.1 Å². The summed E-state index contributed by atoms with van der Waals surface area (Å²) in [4.78, 5) is 24.9. The summed E-state index contributed by atoms with van der Waals surface area (Å²) in [5.74, 6) is 0.0791. The molecule has 25 heavy (non-hydrogen) atoms. The fourth-order valence-corrected chi connectivity index (χ4v) is 3.41. The average Bonchev–Trinajstić information content (AvgIpc) is 2.62. The van der Waals surface area contributed by atoms with Crippen molar-refractivity contribution in [3.63, 3.8) is 0 Å². The predicted octanol–water partition coefficient (Wildman–Crippen LogP) is 3.30. The number of carbonyl (C=O) groups excluding carboxylic acids is 1. The minimum Gasteiger partial charge on any atom is -0.462 e. The van der Waals surface area contributed by atoms with Crippen LogP contribution in [-0.4, -0.2) is 30.4 Å². The first-order chi connectivity index (χ1) is 12.1. The minimum atomic E-state index is -0.546. The first-order valence-corrected chi connectivity index (χ1v) is 8.98. The lowest BCUT2D eigenvalue weighted by Crippen LogP contribution is -2.22. The molecule has 0 bridgehead atoms. The number of nitrogens with zero attached hydrogens (tertiary/aromatic N) is 1. The molecule has 3 rings (SSSR count). The van der Waals surface area contributed by atoms with Gasteiger partial charge >= 0.3 is 5.97 Å². The van der Waals surface area contributed by atoms with E-state index in [4.69, 9.17) is 9.47 Å². The number of rotatable bonds is 5. The molecule has 0 spiro atoms. The normalized spacial score (nSPS) is 15.4. The van der Waals surface area contributed by atoms with Crippen molar-refractivity contribution in [3.05, 3.63) is 45.7 Å². The summed E-state index contributed by atoms with van der Waals surface area (Å²) < 4.78 is 12.5. The van der Waals surface area contributed by atoms with E-state index in [2.05, 4.69) is 0 Å². The molecule has 1 saturated heterocycles. The van der Waals surface area contributed by atoms with Crippen LogP contribution in [0.4, 0.5) is 0 Å². The first-order valence-electron chi connectivity index (χ1n) is 8.98. The summed E-state index contributed by atoms with van der Waals surface area (Å²) in [5, 5.41) is 0.581. The third-order valence-electron chi connectivity index (χ3n) is 4.85. The predicted molar refractivity (Wildman–Crippen MR) is 97.1 cm³/mol. The second-order valence-corrected chi connectivity index (χ2v) is 6.65. The molecule has 1 aliphatic rings. The lowest BCUT2D eigenvalue weighted by atomic mass is 9.96. The van der Waals surface area contributed by atoms with Crippen LogP contribution in [0.5, 0.6) is 0 Å². The minimum absolute atomic E-state index is 0.118. The lowest BCUT2D eigenvalue weighted by Gasteiger charge is -2.23. The second kappa shape index (κ2) is 7.83. The van der Waals surface area contributed by atoms with Crippen molar-refractivity contribution >= 4 is 16.9 Å². The highest BCUT2D eigenvalue weighted by atomic mass is 16.5. The van der Waals surface area contributed by atoms with Crippen molar-refractivity contribution in [2.24, 2.45) is 5.92 Å². The highest BCUT2D eigenvalue weighted by Gasteiger charge is 2.18. The molecule has 0 aliphatic carbocycles. The molecule has 1 fully saturated rings. The Morgan fingerprint density at radius 1 is 1.32 bits per heavy atom. The van der Waals surface area contributed by atoms with E-state index in [9.17, 15) is 9.59 Å². The zero-order chi connectivity index (χ0) is 17.8. The summed E-state index contributed by atoms with van der Waals surface area (Å²) in [6.07, 6.45) is 4.82. The second-order valence-electron chi connectivity index (χ2n) is 6.65. The molecular weight excluding hydrogens is 318 g/mol. The molecular formula is C20H25NO4. The summed E-state index contributed by atoms with van der Waals surface area (Å²) in [7, 11) is 0. The zero-order valence-electron chi connectivity index (χ0n) is 14.9. The van der Waals surface area contributed by atoms with E-state index >= 15 is 0 Å². The van der Waals surface area contributed by atoms with E-state index in [1.165, 1.54) is 0 Å². The molecule has 0 N–H and O–H groups in total. The van der Waals surface area contributed by atoms with Gasteiger partial charge < -0.3 is 14.0 Å². The molecule has 5 heteroatoms. The average molecular weight is 343 g/mol. The molecule has 134 valence electrons. The Hall–Kier alpha value is -2.14. The molecule has 2 aromatic rings. The maximum absolute atomic E-state index is 12.7. The molecule has 1 aromatic carbocycles. The van der Waals surface area contributed by atoms with Gasteiger partial charge in [0.15, 0.2) is 0 Å². The SMILES string of the molecule is CCOC(=O)c1cn(CCC2CCOCC2)c2ccc(C)cc2c1=O. The molecule has 0 atom stereocenters. The van der Waals surface area contributed by atoms with Gasteiger partial charge in [0.25, 0.3) is 0 Å². The van der Waals surface area contributed by atoms with Crippen molar-refractivity contribution in [2.45, 2.75) is 39.7 Å². The number of ether oxygens (including phenoxy) is 2. The van der Waals surface area contributed by atoms with Crippen molar-refractivity contribution in [2.75, 3.05) is 19.8 Å². The largest absolute Gasteiger partial charge is 0.462 e. The van der Waals surface area contributed by atoms with Gasteiger partial charge in [0.05, 0.1) is 12.1 Å². The number of aromatic nitrogens is 1. The first kappa shape index (κ1) is 17.7. The number of aryl methyl sites for hydroxylation is 2. The number of carbonyl (C=O) groups is 1. The van der Waals surface area contributed by atoms with E-state index in [0.29, 0.717) is 11.3 Å². The molecule has 0 saturated carbocycles. The van der Waals surface area contributed by atoms with Crippen LogP contribution in [0.1, 0.15) is 42.1 Å². The van der Waals surface area contributed by atoms with Crippen LogP contribution in [0.15, 0.2) is 29.2 Å². The Bertz CT molecular complexity index is 818. The standard InChI is InChI=1S/C20H25NO4/c1-3-25-20(23)17-13-21(9-6-15-7-10-24-11-8-15)18-5-4-14(2)12-16(18)19(17)22/h4-5,12-13,15H,3,6-11H2,1-2H3. The van der Waals surface area contributed by atoms with Gasteiger partial charge in [-0.25, -0.2) is 4.79 Å². The van der Waals surface area contributed by atoms with Crippen LogP contribution < -0.4 is 5.43 Å². The quantitative estimate of drug-likeness (QED) is 0.782. The smallest absolute Gasteiger partial charge is 0.343 e. The summed E-state index contributed by atoms with van der Waals surface area (Å²) in [6.45, 7) is 6.36. The van der Waals surface area contributed by atoms with Gasteiger partial charge in [-0.15, -0.1) is 0 Å². The van der Waals surface area contributed by atoms with E-state index in [0.717, 1.165) is 50.1 Å². The van der Waals surface area contributed by atoms with E-state index in [1.807, 2.05) is 29.7 Å². The Morgan fingerprint density at radius 3 is 2.80 bits per heavy atom. The van der Waals surface area contributed by atoms with Crippen LogP contribution in [-0.2, 0) is 16.0 Å². The highest BCUT2D eigenvalue weighted by molar-refractivity contribution is 5.93. The van der Waals surface area contributed by atoms with Gasteiger partial charge in [0, 0.05) is 31.3 Å². The van der Waals surface area contributed by atoms with Gasteiger partial charge in [0.1, 0.15) is 5.56 Å². The Labute approximate surface area is 147 Å². The number of pyridine rings is 1. The van der Waals surface area contributed by atoms with Gasteiger partial charge in [-0.1, -0.05) is 11.6 Å². The van der Waals surface area contributed by atoms with Crippen molar-refractivity contribution < 1.29 is 14.3 Å². The third kappa shape index (κ3) is 3.93. The number of esters is 1. The lowest BCUT2D eigenvalue weighted by molar-refractivity contribution is 0.0524. The van der Waals surface area contributed by atoms with E-state index < -0.39 is 5.97 Å². The third-order valence-corrected chi connectivity index (χ3v) is 4.85. The summed E-state index contributed by atoms with van der Waals surface area (Å²) >= 11 is 0. The van der Waals surface area contributed by atoms with Crippen LogP contribution in [0.25, 0.3) is 10.9 Å². The van der Waals surface area contributed by atoms with Crippen molar-refractivity contribution in [1.82, 2.24) is 4.57 Å². The molecule has 0 unspecified atom stereocenters. The summed E-state index contributed by atoms with van der Waals surface area (Å²) in [5.41, 5.74) is 1.74. The van der Waals surface area contributed by atoms with Crippen molar-refractivity contribution in [3.8, 4) is 0 Å². The topological polar surface area (TPSA) is 57.5 Å². The zero-order valence-corrected chi connectivity index (χ0v) is 14.9. The van der Waals surface area contributed by atoms with E-state index in [-0.39, 0.29) is 17.6 Å². The Morgan fingerprint density at radius 2 is 2.08 bits per heavy atom. The number of hydrogen-bond donors (Lipinski definition) is 0. The molecule has 0 radical (unpaired) electrons. The molecule has 0 amide bonds.